The minimum Gasteiger partial charge on any atom is -0.549 e. The second-order valence-electron chi connectivity index (χ2n) is 10.8. The molecule has 2 aromatic carbocycles. The topological polar surface area (TPSA) is 314 Å². The molecule has 0 fully saturated rings. The number of aliphatic carboxylic acids is 4. The Morgan fingerprint density at radius 1 is 0.827 bits per heavy atom. The van der Waals surface area contributed by atoms with Crippen molar-refractivity contribution in [2.24, 2.45) is 0 Å². The molecule has 0 saturated carbocycles. The van der Waals surface area contributed by atoms with Crippen LogP contribution in [0.5, 0.6) is 17.2 Å². The minimum absolute atomic E-state index is 0. The molecule has 0 aliphatic heterocycles. The molecule has 0 aliphatic carbocycles. The Kier molecular flexibility index (Phi) is 26.2. The summed E-state index contributed by atoms with van der Waals surface area (Å²) in [5, 5.41) is 101. The van der Waals surface area contributed by atoms with E-state index in [2.05, 4.69) is 0 Å². The van der Waals surface area contributed by atoms with E-state index in [1.165, 1.54) is 12.1 Å². The Bertz CT molecular complexity index is 1370. The van der Waals surface area contributed by atoms with Gasteiger partial charge in [-0.1, -0.05) is 7.43 Å². The summed E-state index contributed by atoms with van der Waals surface area (Å²) >= 11 is 4.01. The van der Waals surface area contributed by atoms with Crippen LogP contribution in [0.25, 0.3) is 0 Å². The Labute approximate surface area is 337 Å². The molecule has 293 valence electrons. The van der Waals surface area contributed by atoms with Gasteiger partial charge >= 0.3 is 17.1 Å². The fourth-order valence-electron chi connectivity index (χ4n) is 4.35. The zero-order chi connectivity index (χ0) is 38.1. The molecule has 0 heterocycles. The van der Waals surface area contributed by atoms with E-state index in [0.717, 1.165) is 9.80 Å². The van der Waals surface area contributed by atoms with Crippen LogP contribution in [0.4, 0.5) is 0 Å². The van der Waals surface area contributed by atoms with Crippen LogP contribution < -0.4 is 30.5 Å². The van der Waals surface area contributed by atoms with Crippen molar-refractivity contribution < 1.29 is 97.4 Å². The molecule has 5 atom stereocenters. The molecular weight excluding hydrogens is 963 g/mol. The van der Waals surface area contributed by atoms with Crippen LogP contribution in [0.1, 0.15) is 13.0 Å². The number of quaternary nitrogens is 1. The third kappa shape index (κ3) is 19.1. The third-order valence-electron chi connectivity index (χ3n) is 6.80. The van der Waals surface area contributed by atoms with Crippen LogP contribution in [0, 0.1) is 7.14 Å². The number of likely N-dealkylation sites (N-methyl/N-ethyl adjacent to an activating group) is 1. The van der Waals surface area contributed by atoms with Gasteiger partial charge in [-0.05, 0) is 93.6 Å². The molecule has 0 bridgehead atoms. The first-order chi connectivity index (χ1) is 23.4. The van der Waals surface area contributed by atoms with Gasteiger partial charge in [0.1, 0.15) is 42.5 Å². The van der Waals surface area contributed by atoms with E-state index in [-0.39, 0.29) is 56.3 Å². The largest absolute Gasteiger partial charge is 2.00 e. The van der Waals surface area contributed by atoms with Crippen LogP contribution >= 0.6 is 45.2 Å². The molecule has 0 spiro atoms. The van der Waals surface area contributed by atoms with Gasteiger partial charge in [0.25, 0.3) is 0 Å². The summed E-state index contributed by atoms with van der Waals surface area (Å²) in [6, 6.07) is 7.92. The number of ether oxygens (including phenoxy) is 1. The second-order valence-corrected chi connectivity index (χ2v) is 13.1. The van der Waals surface area contributed by atoms with Gasteiger partial charge in [-0.2, -0.15) is 0 Å². The molecule has 2 rings (SSSR count). The molecule has 0 saturated heterocycles. The summed E-state index contributed by atoms with van der Waals surface area (Å²) in [6.07, 6.45) is -5.71. The number of phenols is 1. The average molecular weight is 1010 g/mol. The molecule has 21 heteroatoms. The van der Waals surface area contributed by atoms with Crippen LogP contribution in [-0.2, 0) is 42.7 Å². The fraction of sp³-hybridized carbons (Fsp3) is 0.484. The van der Waals surface area contributed by atoms with E-state index >= 15 is 0 Å². The van der Waals surface area contributed by atoms with Crippen LogP contribution in [0.3, 0.4) is 0 Å². The minimum atomic E-state index is -1.58. The van der Waals surface area contributed by atoms with Crippen molar-refractivity contribution in [2.75, 3.05) is 52.9 Å². The van der Waals surface area contributed by atoms with E-state index in [0.29, 0.717) is 24.2 Å². The molecule has 8 N–H and O–H groups in total. The molecule has 0 aromatic heterocycles. The van der Waals surface area contributed by atoms with E-state index < -0.39 is 80.6 Å². The summed E-state index contributed by atoms with van der Waals surface area (Å²) in [7, 11) is 1.70. The quantitative estimate of drug-likeness (QED) is 0.0452. The molecule has 2 aromatic rings. The average Bonchev–Trinajstić information content (AvgIpc) is 3.03. The number of hydrogen-bond acceptors (Lipinski definition) is 17. The smallest absolute Gasteiger partial charge is 0.549 e. The van der Waals surface area contributed by atoms with Gasteiger partial charge in [-0.15, -0.1) is 0 Å². The zero-order valence-electron chi connectivity index (χ0n) is 27.0. The van der Waals surface area contributed by atoms with Gasteiger partial charge in [-0.25, -0.2) is 0 Å². The number of phenolic OH excluding ortho intramolecular Hbond substituents is 1. The van der Waals surface area contributed by atoms with E-state index in [9.17, 15) is 54.9 Å². The van der Waals surface area contributed by atoms with E-state index in [1.54, 1.807) is 36.6 Å². The number of hydrogen-bond donors (Lipinski definition) is 7. The number of rotatable bonds is 21. The number of nitrogens with two attached hydrogens (primary N) is 1. The van der Waals surface area contributed by atoms with Crippen LogP contribution in [-0.4, -0.2) is 148 Å². The summed E-state index contributed by atoms with van der Waals surface area (Å²) in [4.78, 5) is 47.0. The fourth-order valence-corrected chi connectivity index (χ4v) is 6.47. The number of nitrogens with zero attached hydrogens (tertiary/aromatic N) is 2. The number of aliphatic hydroxyl groups excluding tert-OH is 5. The molecule has 52 heavy (non-hydrogen) atoms. The molecule has 18 nitrogen and oxygen atoms in total. The van der Waals surface area contributed by atoms with Crippen molar-refractivity contribution in [1.29, 1.82) is 0 Å². The van der Waals surface area contributed by atoms with Crippen molar-refractivity contribution in [3.8, 4) is 17.2 Å². The summed E-state index contributed by atoms with van der Waals surface area (Å²) in [6.45, 7) is -3.42. The van der Waals surface area contributed by atoms with Gasteiger partial charge in [0.2, 0.25) is 0 Å². The molecule has 0 amide bonds. The van der Waals surface area contributed by atoms with Crippen molar-refractivity contribution in [2.45, 2.75) is 44.3 Å². The van der Waals surface area contributed by atoms with Gasteiger partial charge in [0.15, 0.2) is 5.75 Å². The maximum Gasteiger partial charge on any atom is 2.00 e. The van der Waals surface area contributed by atoms with Crippen LogP contribution in [0.2, 0.25) is 0 Å². The standard InChI is InChI=1S/C23H24I2N2O10.C7H17NO5.CH4.Mn/c24-16-7-13(8-17(25)22(16)37-15-3-1-14(28)2-4-15)9-18(23(35)36)27(12-21(33)34)6-5-26(10-19(29)30)11-20(31)32;1-8-2-4(10)6(12)7(13)5(11)3-9;;/h1-4,7-8,18,28H,5-6,9-12H2,(H,29,30)(H,31,32)(H,33,34)(H,35,36);4-13H,2-3H2,1H3;1H4;/q;;;+2/p-3/t;4-,5+,6+,7+;;/m.0../s1. The Morgan fingerprint density at radius 3 is 1.73 bits per heavy atom. The monoisotopic (exact) mass is 1010 g/mol. The number of carboxylic acid groups (broad SMARTS) is 4. The molecule has 0 aliphatic rings. The molecule has 1 radical (unpaired) electrons. The molecular formula is C31H42I2MnN3O15-. The first-order valence-corrected chi connectivity index (χ1v) is 16.9. The predicted octanol–water partition coefficient (Wildman–Crippen LogP) is -6.84. The van der Waals surface area contributed by atoms with Crippen LogP contribution in [0.15, 0.2) is 36.4 Å². The first kappa shape index (κ1) is 51.7. The van der Waals surface area contributed by atoms with Gasteiger partial charge < -0.3 is 80.3 Å². The summed E-state index contributed by atoms with van der Waals surface area (Å²) < 4.78 is 7.13. The number of carboxylic acids is 4. The van der Waals surface area contributed by atoms with Crippen molar-refractivity contribution in [1.82, 2.24) is 9.80 Å². The number of aliphatic hydroxyl groups is 5. The predicted molar refractivity (Wildman–Crippen MR) is 186 cm³/mol. The Balaban J connectivity index is 0. The number of carbonyl (C=O) groups excluding carboxylic acids is 4. The number of benzene rings is 2. The maximum atomic E-state index is 12.0. The van der Waals surface area contributed by atoms with E-state index in [4.69, 9.17) is 20.1 Å². The maximum absolute atomic E-state index is 12.0. The second kappa shape index (κ2) is 26.4. The molecule has 1 unspecified atom stereocenters. The van der Waals surface area contributed by atoms with E-state index in [1.807, 2.05) is 45.2 Å². The third-order valence-corrected chi connectivity index (χ3v) is 8.40. The number of halogens is 2. The van der Waals surface area contributed by atoms with Gasteiger partial charge in [0.05, 0.1) is 50.7 Å². The summed E-state index contributed by atoms with van der Waals surface area (Å²) in [5.74, 6) is -5.27. The van der Waals surface area contributed by atoms with Crippen molar-refractivity contribution in [3.05, 3.63) is 49.1 Å². The normalized spacial score (nSPS) is 13.7. The zero-order valence-corrected chi connectivity index (χ0v) is 32.5. The first-order valence-electron chi connectivity index (χ1n) is 14.7. The van der Waals surface area contributed by atoms with Crippen molar-refractivity contribution >= 4 is 69.1 Å². The Hall–Kier alpha value is -2.42. The Morgan fingerprint density at radius 2 is 1.31 bits per heavy atom. The number of aromatic hydroxyl groups is 1. The summed E-state index contributed by atoms with van der Waals surface area (Å²) in [5.41, 5.74) is 0.519. The number of carbonyl (C=O) groups is 4. The van der Waals surface area contributed by atoms with Crippen molar-refractivity contribution in [3.63, 3.8) is 0 Å². The SMILES string of the molecule is C.C[NH2+]C[C@H](O)[C@@H](O)[C@H](O)[C@H](O)CO.O=C([O-])CN(CCN(CC(=O)[O-])C(Cc1cc(I)c(Oc2ccc(O)cc2)c(I)c1)C(=O)[O-])CC(=O)[O-].[Mn+2]. The van der Waals surface area contributed by atoms with Gasteiger partial charge in [-0.3, -0.25) is 9.80 Å². The van der Waals surface area contributed by atoms with Gasteiger partial charge in [0, 0.05) is 32.7 Å².